The van der Waals surface area contributed by atoms with E-state index in [-0.39, 0.29) is 11.9 Å². The van der Waals surface area contributed by atoms with Crippen molar-refractivity contribution in [2.24, 2.45) is 0 Å². The highest BCUT2D eigenvalue weighted by Gasteiger charge is 2.33. The number of aryl methyl sites for hydroxylation is 2. The van der Waals surface area contributed by atoms with Crippen molar-refractivity contribution in [3.05, 3.63) is 35.4 Å². The van der Waals surface area contributed by atoms with Crippen molar-refractivity contribution in [3.63, 3.8) is 0 Å². The molecule has 0 bridgehead atoms. The van der Waals surface area contributed by atoms with Crippen molar-refractivity contribution in [2.75, 3.05) is 19.1 Å². The fraction of sp³-hybridized carbons (Fsp3) is 0.400. The third-order valence-corrected chi connectivity index (χ3v) is 4.03. The molecule has 0 fully saturated rings. The van der Waals surface area contributed by atoms with Crippen LogP contribution in [0.5, 0.6) is 5.75 Å². The van der Waals surface area contributed by atoms with E-state index >= 15 is 0 Å². The van der Waals surface area contributed by atoms with Crippen molar-refractivity contribution in [1.29, 1.82) is 0 Å². The van der Waals surface area contributed by atoms with E-state index in [4.69, 9.17) is 4.74 Å². The van der Waals surface area contributed by atoms with Gasteiger partial charge in [0.15, 0.2) is 0 Å². The Labute approximate surface area is 123 Å². The van der Waals surface area contributed by atoms with Crippen molar-refractivity contribution in [1.82, 2.24) is 14.8 Å². The highest BCUT2D eigenvalue weighted by molar-refractivity contribution is 5.99. The summed E-state index contributed by atoms with van der Waals surface area (Å²) in [5, 5.41) is 8.12. The van der Waals surface area contributed by atoms with Gasteiger partial charge in [0.25, 0.3) is 0 Å². The molecule has 3 rings (SSSR count). The second kappa shape index (κ2) is 4.87. The van der Waals surface area contributed by atoms with Crippen LogP contribution in [0.3, 0.4) is 0 Å². The molecule has 6 heteroatoms. The van der Waals surface area contributed by atoms with Gasteiger partial charge in [0, 0.05) is 19.2 Å². The first-order chi connectivity index (χ1) is 10.0. The van der Waals surface area contributed by atoms with Gasteiger partial charge in [0.2, 0.25) is 5.91 Å². The minimum Gasteiger partial charge on any atom is -0.497 e. The normalized spacial score (nSPS) is 17.8. The number of benzene rings is 1. The van der Waals surface area contributed by atoms with Crippen molar-refractivity contribution in [2.45, 2.75) is 26.3 Å². The van der Waals surface area contributed by atoms with Crippen molar-refractivity contribution in [3.8, 4) is 5.75 Å². The van der Waals surface area contributed by atoms with Crippen LogP contribution in [0.25, 0.3) is 0 Å². The molecule has 0 saturated carbocycles. The highest BCUT2D eigenvalue weighted by Crippen LogP contribution is 2.35. The number of rotatable bonds is 2. The summed E-state index contributed by atoms with van der Waals surface area (Å²) in [7, 11) is 3.44. The molecule has 1 unspecified atom stereocenters. The molecule has 1 aromatic heterocycles. The topological polar surface area (TPSA) is 60.2 Å². The number of carbonyl (C=O) groups is 1. The molecule has 2 aromatic rings. The van der Waals surface area contributed by atoms with Crippen LogP contribution < -0.4 is 9.64 Å². The van der Waals surface area contributed by atoms with E-state index in [9.17, 15) is 4.79 Å². The number of hydrogen-bond donors (Lipinski definition) is 0. The first-order valence-corrected chi connectivity index (χ1v) is 6.85. The van der Waals surface area contributed by atoms with Crippen molar-refractivity contribution < 1.29 is 9.53 Å². The first-order valence-electron chi connectivity index (χ1n) is 6.85. The molecule has 110 valence electrons. The Morgan fingerprint density at radius 3 is 2.52 bits per heavy atom. The largest absolute Gasteiger partial charge is 0.497 e. The maximum atomic E-state index is 12.7. The molecule has 2 heterocycles. The average molecular weight is 286 g/mol. The van der Waals surface area contributed by atoms with Gasteiger partial charge in [-0.25, -0.2) is 0 Å². The van der Waals surface area contributed by atoms with Crippen LogP contribution in [0.2, 0.25) is 0 Å². The molecule has 0 saturated heterocycles. The van der Waals surface area contributed by atoms with Crippen LogP contribution in [-0.2, 0) is 11.2 Å². The van der Waals surface area contributed by atoms with E-state index in [1.807, 2.05) is 36.6 Å². The smallest absolute Gasteiger partial charge is 0.250 e. The van der Waals surface area contributed by atoms with Crippen LogP contribution in [0, 0.1) is 13.8 Å². The van der Waals surface area contributed by atoms with Gasteiger partial charge in [-0.3, -0.25) is 4.79 Å². The quantitative estimate of drug-likeness (QED) is 0.842. The van der Waals surface area contributed by atoms with Gasteiger partial charge in [0.1, 0.15) is 23.4 Å². The molecule has 1 aromatic carbocycles. The molecule has 6 nitrogen and oxygen atoms in total. The number of aromatic nitrogens is 3. The zero-order valence-electron chi connectivity index (χ0n) is 12.6. The van der Waals surface area contributed by atoms with Gasteiger partial charge in [-0.15, -0.1) is 10.2 Å². The van der Waals surface area contributed by atoms with Gasteiger partial charge in [-0.1, -0.05) is 0 Å². The van der Waals surface area contributed by atoms with Gasteiger partial charge in [0.05, 0.1) is 7.11 Å². The van der Waals surface area contributed by atoms with E-state index in [1.54, 1.807) is 19.1 Å². The third kappa shape index (κ3) is 2.07. The minimum absolute atomic E-state index is 0.0543. The lowest BCUT2D eigenvalue weighted by molar-refractivity contribution is -0.121. The summed E-state index contributed by atoms with van der Waals surface area (Å²) in [4.78, 5) is 14.4. The SMILES string of the molecule is COc1ccc2c(c1)CC(n1c(C)nnc1C)C(=O)N2C. The number of methoxy groups -OCH3 is 1. The van der Waals surface area contributed by atoms with E-state index in [0.29, 0.717) is 6.42 Å². The fourth-order valence-electron chi connectivity index (χ4n) is 2.95. The monoisotopic (exact) mass is 286 g/mol. The van der Waals surface area contributed by atoms with E-state index in [1.165, 1.54) is 0 Å². The van der Waals surface area contributed by atoms with Crippen LogP contribution >= 0.6 is 0 Å². The lowest BCUT2D eigenvalue weighted by Gasteiger charge is -2.33. The summed E-state index contributed by atoms with van der Waals surface area (Å²) in [6, 6.07) is 5.48. The van der Waals surface area contributed by atoms with E-state index < -0.39 is 0 Å². The third-order valence-electron chi connectivity index (χ3n) is 4.03. The summed E-state index contributed by atoms with van der Waals surface area (Å²) in [6.45, 7) is 3.74. The summed E-state index contributed by atoms with van der Waals surface area (Å²) >= 11 is 0. The molecule has 21 heavy (non-hydrogen) atoms. The number of fused-ring (bicyclic) bond motifs is 1. The maximum Gasteiger partial charge on any atom is 0.250 e. The molecule has 1 amide bonds. The number of likely N-dealkylation sites (N-methyl/N-ethyl adjacent to an activating group) is 1. The molecule has 0 spiro atoms. The molecular formula is C15H18N4O2. The Bertz CT molecular complexity index is 688. The van der Waals surface area contributed by atoms with Gasteiger partial charge in [-0.05, 0) is 37.6 Å². The molecule has 0 radical (unpaired) electrons. The number of ether oxygens (including phenoxy) is 1. The van der Waals surface area contributed by atoms with Gasteiger partial charge in [-0.2, -0.15) is 0 Å². The molecule has 1 aliphatic heterocycles. The van der Waals surface area contributed by atoms with Crippen LogP contribution in [0.1, 0.15) is 23.3 Å². The molecular weight excluding hydrogens is 268 g/mol. The average Bonchev–Trinajstić information content (AvgIpc) is 2.81. The Morgan fingerprint density at radius 1 is 1.24 bits per heavy atom. The summed E-state index contributed by atoms with van der Waals surface area (Å²) in [5.41, 5.74) is 2.02. The number of carbonyl (C=O) groups excluding carboxylic acids is 1. The van der Waals surface area contributed by atoms with Crippen LogP contribution in [0.4, 0.5) is 5.69 Å². The number of hydrogen-bond acceptors (Lipinski definition) is 4. The Morgan fingerprint density at radius 2 is 1.90 bits per heavy atom. The fourth-order valence-corrected chi connectivity index (χ4v) is 2.95. The second-order valence-electron chi connectivity index (χ2n) is 5.28. The first kappa shape index (κ1) is 13.6. The number of nitrogens with zero attached hydrogens (tertiary/aromatic N) is 4. The number of anilines is 1. The van der Waals surface area contributed by atoms with E-state index in [0.717, 1.165) is 28.6 Å². The summed E-state index contributed by atoms with van der Waals surface area (Å²) < 4.78 is 7.18. The molecule has 1 aliphatic rings. The lowest BCUT2D eigenvalue weighted by Crippen LogP contribution is -2.40. The lowest BCUT2D eigenvalue weighted by atomic mass is 9.97. The number of amides is 1. The van der Waals surface area contributed by atoms with Gasteiger partial charge < -0.3 is 14.2 Å². The highest BCUT2D eigenvalue weighted by atomic mass is 16.5. The predicted octanol–water partition coefficient (Wildman–Crippen LogP) is 1.66. The zero-order chi connectivity index (χ0) is 15.1. The minimum atomic E-state index is -0.301. The standard InChI is InChI=1S/C15H18N4O2/c1-9-16-17-10(2)19(9)14-8-11-7-12(21-4)5-6-13(11)18(3)15(14)20/h5-7,14H,8H2,1-4H3. The van der Waals surface area contributed by atoms with Crippen molar-refractivity contribution >= 4 is 11.6 Å². The zero-order valence-corrected chi connectivity index (χ0v) is 12.6. The Kier molecular flexibility index (Phi) is 3.16. The van der Waals surface area contributed by atoms with E-state index in [2.05, 4.69) is 10.2 Å². The summed E-state index contributed by atoms with van der Waals surface area (Å²) in [5.74, 6) is 2.36. The summed E-state index contributed by atoms with van der Waals surface area (Å²) in [6.07, 6.45) is 0.620. The Hall–Kier alpha value is -2.37. The van der Waals surface area contributed by atoms with Gasteiger partial charge >= 0.3 is 0 Å². The maximum absolute atomic E-state index is 12.7. The van der Waals surface area contributed by atoms with Crippen LogP contribution in [0.15, 0.2) is 18.2 Å². The molecule has 0 aliphatic carbocycles. The predicted molar refractivity (Wildman–Crippen MR) is 78.6 cm³/mol. The van der Waals surface area contributed by atoms with Crippen LogP contribution in [-0.4, -0.2) is 34.8 Å². The molecule has 1 atom stereocenters. The Balaban J connectivity index is 2.08. The molecule has 0 N–H and O–H groups in total. The second-order valence-corrected chi connectivity index (χ2v) is 5.28.